The topological polar surface area (TPSA) is 168 Å². The van der Waals surface area contributed by atoms with Crippen LogP contribution in [0.3, 0.4) is 0 Å². The minimum Gasteiger partial charge on any atom is -0.479 e. The summed E-state index contributed by atoms with van der Waals surface area (Å²) in [4.78, 5) is 20.4. The molecule has 1 amide bonds. The zero-order chi connectivity index (χ0) is 23.3. The zero-order valence-corrected chi connectivity index (χ0v) is 17.7. The quantitative estimate of drug-likeness (QED) is 0.350. The van der Waals surface area contributed by atoms with Gasteiger partial charge in [-0.3, -0.25) is 4.79 Å². The molecule has 0 unspecified atom stereocenters. The number of carbonyl (C=O) groups excluding carboxylic acids is 1. The van der Waals surface area contributed by atoms with Gasteiger partial charge in [0.15, 0.2) is 11.6 Å². The number of rotatable bonds is 10. The molecule has 6 N–H and O–H groups in total. The Balaban J connectivity index is 1.99. The summed E-state index contributed by atoms with van der Waals surface area (Å²) in [7, 11) is 2.98. The molecule has 0 fully saturated rings. The van der Waals surface area contributed by atoms with Crippen LogP contribution in [0.2, 0.25) is 0 Å². The molecule has 13 heteroatoms. The highest BCUT2D eigenvalue weighted by atomic mass is 19.1. The first-order valence-corrected chi connectivity index (χ1v) is 9.53. The fourth-order valence-corrected chi connectivity index (χ4v) is 2.86. The predicted molar refractivity (Wildman–Crippen MR) is 115 cm³/mol. The first-order valence-electron chi connectivity index (χ1n) is 9.53. The monoisotopic (exact) mass is 445 g/mol. The van der Waals surface area contributed by atoms with Gasteiger partial charge in [0.05, 0.1) is 49.6 Å². The van der Waals surface area contributed by atoms with Crippen LogP contribution in [0.1, 0.15) is 17.3 Å². The van der Waals surface area contributed by atoms with Gasteiger partial charge in [0, 0.05) is 13.2 Å². The van der Waals surface area contributed by atoms with Crippen molar-refractivity contribution in [2.45, 2.75) is 19.0 Å². The molecule has 0 radical (unpaired) electrons. The van der Waals surface area contributed by atoms with Crippen LogP contribution in [0, 0.1) is 5.82 Å². The van der Waals surface area contributed by atoms with Crippen molar-refractivity contribution in [2.24, 2.45) is 11.5 Å². The van der Waals surface area contributed by atoms with Crippen LogP contribution in [0.15, 0.2) is 30.7 Å². The van der Waals surface area contributed by atoms with Crippen molar-refractivity contribution in [1.82, 2.24) is 25.0 Å². The third-order valence-electron chi connectivity index (χ3n) is 4.50. The molecule has 170 valence electrons. The fraction of sp³-hybridized carbons (Fsp3) is 0.316. The molecule has 0 saturated carbocycles. The second kappa shape index (κ2) is 9.98. The number of hydrogen-bond donors (Lipinski definition) is 4. The molecule has 3 heterocycles. The van der Waals surface area contributed by atoms with Crippen molar-refractivity contribution < 1.29 is 18.7 Å². The highest BCUT2D eigenvalue weighted by Crippen LogP contribution is 2.27. The maximum atomic E-state index is 14.7. The van der Waals surface area contributed by atoms with E-state index in [0.29, 0.717) is 17.3 Å². The Kier molecular flexibility index (Phi) is 7.12. The van der Waals surface area contributed by atoms with Crippen LogP contribution < -0.4 is 26.8 Å². The lowest BCUT2D eigenvalue weighted by molar-refractivity contribution is 0.100. The number of nitrogens with two attached hydrogens (primary N) is 2. The minimum atomic E-state index is -0.857. The minimum absolute atomic E-state index is 0.0266. The van der Waals surface area contributed by atoms with E-state index in [1.807, 2.05) is 0 Å². The number of primary amides is 1. The Bertz CT molecular complexity index is 1080. The Morgan fingerprint density at radius 3 is 2.69 bits per heavy atom. The smallest absolute Gasteiger partial charge is 0.252 e. The van der Waals surface area contributed by atoms with Crippen molar-refractivity contribution >= 4 is 23.2 Å². The molecule has 0 aliphatic rings. The summed E-state index contributed by atoms with van der Waals surface area (Å²) in [6.45, 7) is 1.98. The molecule has 2 atom stereocenters. The van der Waals surface area contributed by atoms with Gasteiger partial charge in [-0.05, 0) is 19.1 Å². The second-order valence-electron chi connectivity index (χ2n) is 6.87. The van der Waals surface area contributed by atoms with Gasteiger partial charge in [-0.15, -0.1) is 5.10 Å². The summed E-state index contributed by atoms with van der Waals surface area (Å²) in [6.07, 6.45) is 4.57. The summed E-state index contributed by atoms with van der Waals surface area (Å²) >= 11 is 0. The van der Waals surface area contributed by atoms with Crippen LogP contribution in [0.5, 0.6) is 5.88 Å². The number of anilines is 3. The van der Waals surface area contributed by atoms with Gasteiger partial charge >= 0.3 is 0 Å². The van der Waals surface area contributed by atoms with Gasteiger partial charge in [0.2, 0.25) is 5.88 Å². The van der Waals surface area contributed by atoms with Gasteiger partial charge < -0.3 is 31.6 Å². The van der Waals surface area contributed by atoms with Crippen molar-refractivity contribution in [2.75, 3.05) is 31.5 Å². The lowest BCUT2D eigenvalue weighted by atomic mass is 10.1. The lowest BCUT2D eigenvalue weighted by Crippen LogP contribution is -2.41. The van der Waals surface area contributed by atoms with E-state index in [0.717, 1.165) is 6.07 Å². The van der Waals surface area contributed by atoms with Crippen LogP contribution in [0.25, 0.3) is 5.69 Å². The number of carbonyl (C=O) groups is 1. The summed E-state index contributed by atoms with van der Waals surface area (Å²) in [6, 6.07) is 1.87. The van der Waals surface area contributed by atoms with Crippen molar-refractivity contribution in [3.63, 3.8) is 0 Å². The normalized spacial score (nSPS) is 12.8. The number of ether oxygens (including phenoxy) is 2. The van der Waals surface area contributed by atoms with E-state index < -0.39 is 17.8 Å². The van der Waals surface area contributed by atoms with E-state index in [9.17, 15) is 9.18 Å². The number of nitrogens with one attached hydrogen (secondary N) is 2. The van der Waals surface area contributed by atoms with Crippen LogP contribution in [0.4, 0.5) is 21.7 Å². The highest BCUT2D eigenvalue weighted by molar-refractivity contribution is 5.98. The number of pyridine rings is 2. The van der Waals surface area contributed by atoms with Crippen molar-refractivity contribution in [1.29, 1.82) is 0 Å². The molecule has 32 heavy (non-hydrogen) atoms. The number of halogens is 1. The van der Waals surface area contributed by atoms with E-state index in [-0.39, 0.29) is 29.8 Å². The molecular formula is C19H24FN9O3. The SMILES string of the molecule is COC[C@@H](Nc1nc(Nc2cnc(OC)c(-n3ccnn3)c2)c(C(N)=O)cc1F)[C@H](C)N. The van der Waals surface area contributed by atoms with Gasteiger partial charge in [-0.2, -0.15) is 0 Å². The Morgan fingerprint density at radius 1 is 1.31 bits per heavy atom. The molecule has 0 aliphatic carbocycles. The first-order chi connectivity index (χ1) is 15.3. The second-order valence-corrected chi connectivity index (χ2v) is 6.87. The van der Waals surface area contributed by atoms with Crippen molar-refractivity contribution in [3.8, 4) is 11.6 Å². The number of amides is 1. The van der Waals surface area contributed by atoms with Gasteiger partial charge in [-0.1, -0.05) is 5.21 Å². The molecule has 0 aromatic carbocycles. The molecule has 0 aliphatic heterocycles. The van der Waals surface area contributed by atoms with E-state index in [2.05, 4.69) is 30.9 Å². The lowest BCUT2D eigenvalue weighted by Gasteiger charge is -2.23. The van der Waals surface area contributed by atoms with Crippen LogP contribution in [-0.2, 0) is 4.74 Å². The highest BCUT2D eigenvalue weighted by Gasteiger charge is 2.21. The maximum Gasteiger partial charge on any atom is 0.252 e. The molecule has 3 rings (SSSR count). The zero-order valence-electron chi connectivity index (χ0n) is 17.7. The summed E-state index contributed by atoms with van der Waals surface area (Å²) in [5, 5.41) is 13.6. The van der Waals surface area contributed by atoms with E-state index in [4.69, 9.17) is 20.9 Å². The molecule has 3 aromatic heterocycles. The largest absolute Gasteiger partial charge is 0.479 e. The van der Waals surface area contributed by atoms with Crippen molar-refractivity contribution in [3.05, 3.63) is 42.1 Å². The average Bonchev–Trinajstić information content (AvgIpc) is 3.29. The molecule has 0 spiro atoms. The standard InChI is InChI=1S/C19H24FN9O3/c1-10(21)14(9-31-2)26-18-13(20)7-12(16(22)30)17(27-18)25-11-6-15(19(32-3)23-8-11)29-5-4-24-28-29/h4-8,10,14H,9,21H2,1-3H3,(H2,22,30)(H2,25,26,27)/t10-,14+/m0/s1. The molecule has 0 saturated heterocycles. The van der Waals surface area contributed by atoms with Gasteiger partial charge in [0.1, 0.15) is 11.5 Å². The van der Waals surface area contributed by atoms with E-state index in [1.54, 1.807) is 19.2 Å². The molecule has 12 nitrogen and oxygen atoms in total. The summed E-state index contributed by atoms with van der Waals surface area (Å²) < 4.78 is 26.5. The van der Waals surface area contributed by atoms with Gasteiger partial charge in [-0.25, -0.2) is 19.0 Å². The van der Waals surface area contributed by atoms with Crippen LogP contribution in [-0.4, -0.2) is 63.8 Å². The Hall–Kier alpha value is -3.84. The maximum absolute atomic E-state index is 14.7. The average molecular weight is 445 g/mol. The fourth-order valence-electron chi connectivity index (χ4n) is 2.86. The first kappa shape index (κ1) is 22.8. The number of nitrogens with zero attached hydrogens (tertiary/aromatic N) is 5. The third kappa shape index (κ3) is 5.07. The number of hydrogen-bond acceptors (Lipinski definition) is 10. The van der Waals surface area contributed by atoms with E-state index >= 15 is 0 Å². The molecular weight excluding hydrogens is 421 g/mol. The number of methoxy groups -OCH3 is 2. The molecule has 0 bridgehead atoms. The van der Waals surface area contributed by atoms with E-state index in [1.165, 1.54) is 31.3 Å². The predicted octanol–water partition coefficient (Wildman–Crippen LogP) is 0.822. The Morgan fingerprint density at radius 2 is 2.09 bits per heavy atom. The Labute approximate surface area is 183 Å². The molecule has 3 aromatic rings. The van der Waals surface area contributed by atoms with Gasteiger partial charge in [0.25, 0.3) is 5.91 Å². The third-order valence-corrected chi connectivity index (χ3v) is 4.50. The van der Waals surface area contributed by atoms with Crippen LogP contribution >= 0.6 is 0 Å². The number of aromatic nitrogens is 5. The summed E-state index contributed by atoms with van der Waals surface area (Å²) in [5.74, 6) is -1.41. The summed E-state index contributed by atoms with van der Waals surface area (Å²) in [5.41, 5.74) is 12.1.